The zero-order chi connectivity index (χ0) is 22.6. The van der Waals surface area contributed by atoms with Gasteiger partial charge in [0.15, 0.2) is 5.69 Å². The summed E-state index contributed by atoms with van der Waals surface area (Å²) in [7, 11) is 0. The summed E-state index contributed by atoms with van der Waals surface area (Å²) in [6.45, 7) is 6.92. The van der Waals surface area contributed by atoms with Gasteiger partial charge in [-0.05, 0) is 42.5 Å². The topological polar surface area (TPSA) is 54.7 Å². The van der Waals surface area contributed by atoms with Crippen LogP contribution >= 0.6 is 11.6 Å². The number of alkyl halides is 3. The summed E-state index contributed by atoms with van der Waals surface area (Å²) in [5.41, 5.74) is -1.13. The maximum atomic E-state index is 14.1. The van der Waals surface area contributed by atoms with Crippen LogP contribution in [0.3, 0.4) is 0 Å². The molecule has 3 aromatic rings. The Kier molecular flexibility index (Phi) is 6.32. The quantitative estimate of drug-likeness (QED) is 0.320. The summed E-state index contributed by atoms with van der Waals surface area (Å²) in [5.74, 6) is -0.202. The lowest BCUT2D eigenvalue weighted by atomic mass is 10.2. The number of nitrogens with zero attached hydrogens (tertiary/aromatic N) is 1. The van der Waals surface area contributed by atoms with Gasteiger partial charge in [0.2, 0.25) is 0 Å². The van der Waals surface area contributed by atoms with E-state index in [0.29, 0.717) is 17.5 Å². The lowest BCUT2D eigenvalue weighted by Gasteiger charge is -2.13. The molecule has 0 aliphatic carbocycles. The van der Waals surface area contributed by atoms with Crippen LogP contribution in [0.15, 0.2) is 60.7 Å². The number of anilines is 2. The Hall–Kier alpha value is -3.77. The van der Waals surface area contributed by atoms with Gasteiger partial charge in [-0.3, -0.25) is 0 Å². The molecular weight excluding hydrogens is 438 g/mol. The Morgan fingerprint density at radius 3 is 2.29 bits per heavy atom. The first-order valence-corrected chi connectivity index (χ1v) is 8.93. The largest absolute Gasteiger partial charge is 0.457 e. The Morgan fingerprint density at radius 2 is 1.65 bits per heavy atom. The van der Waals surface area contributed by atoms with Crippen molar-refractivity contribution in [3.8, 4) is 11.5 Å². The molecule has 31 heavy (non-hydrogen) atoms. The molecule has 3 aromatic carbocycles. The van der Waals surface area contributed by atoms with Crippen LogP contribution in [-0.2, 0) is 6.18 Å². The summed E-state index contributed by atoms with van der Waals surface area (Å²) in [6.07, 6.45) is -4.70. The molecule has 0 aliphatic heterocycles. The van der Waals surface area contributed by atoms with E-state index >= 15 is 0 Å². The lowest BCUT2D eigenvalue weighted by Crippen LogP contribution is -2.20. The third-order valence-electron chi connectivity index (χ3n) is 3.92. The zero-order valence-electron chi connectivity index (χ0n) is 15.4. The molecule has 0 spiro atoms. The predicted molar refractivity (Wildman–Crippen MR) is 108 cm³/mol. The van der Waals surface area contributed by atoms with E-state index in [0.717, 1.165) is 12.1 Å². The average molecular weight is 450 g/mol. The molecule has 3 rings (SSSR count). The van der Waals surface area contributed by atoms with Gasteiger partial charge in [0, 0.05) is 11.8 Å². The number of carbonyl (C=O) groups is 1. The van der Waals surface area contributed by atoms with E-state index in [1.54, 1.807) is 24.3 Å². The Labute approximate surface area is 179 Å². The average Bonchev–Trinajstić information content (AvgIpc) is 2.71. The monoisotopic (exact) mass is 449 g/mol. The molecular formula is C21H12ClF4N3O2. The van der Waals surface area contributed by atoms with Crippen molar-refractivity contribution in [3.63, 3.8) is 0 Å². The van der Waals surface area contributed by atoms with Crippen molar-refractivity contribution in [2.75, 3.05) is 10.6 Å². The van der Waals surface area contributed by atoms with Gasteiger partial charge in [-0.1, -0.05) is 23.7 Å². The molecule has 0 bridgehead atoms. The molecule has 2 amide bonds. The number of benzene rings is 3. The van der Waals surface area contributed by atoms with Crippen LogP contribution in [0.5, 0.6) is 11.5 Å². The number of hydrogen-bond acceptors (Lipinski definition) is 2. The van der Waals surface area contributed by atoms with Gasteiger partial charge in [0.25, 0.3) is 0 Å². The number of ether oxygens (including phenoxy) is 1. The standard InChI is InChI=1S/C21H12ClF4N3O2/c1-27-12-2-5-14(6-3-12)31-15-7-9-18(23)19(11-15)29-20(30)28-13-4-8-17(22)16(10-13)21(24,25)26/h2-11H,(H2,28,29,30). The molecule has 10 heteroatoms. The molecule has 0 heterocycles. The molecule has 5 nitrogen and oxygen atoms in total. The number of amides is 2. The van der Waals surface area contributed by atoms with Crippen molar-refractivity contribution < 1.29 is 27.1 Å². The molecule has 158 valence electrons. The zero-order valence-corrected chi connectivity index (χ0v) is 16.2. The van der Waals surface area contributed by atoms with Gasteiger partial charge in [0.1, 0.15) is 17.3 Å². The maximum absolute atomic E-state index is 14.1. The first-order valence-electron chi connectivity index (χ1n) is 8.55. The van der Waals surface area contributed by atoms with Gasteiger partial charge >= 0.3 is 12.2 Å². The second kappa shape index (κ2) is 8.93. The van der Waals surface area contributed by atoms with E-state index in [4.69, 9.17) is 22.9 Å². The number of hydrogen-bond donors (Lipinski definition) is 2. The summed E-state index contributed by atoms with van der Waals surface area (Å²) in [4.78, 5) is 15.4. The highest BCUT2D eigenvalue weighted by atomic mass is 35.5. The van der Waals surface area contributed by atoms with E-state index in [9.17, 15) is 22.4 Å². The molecule has 0 unspecified atom stereocenters. The summed E-state index contributed by atoms with van der Waals surface area (Å²) < 4.78 is 58.5. The predicted octanol–water partition coefficient (Wildman–Crippen LogP) is 7.48. The van der Waals surface area contributed by atoms with Crippen LogP contribution < -0.4 is 15.4 Å². The highest BCUT2D eigenvalue weighted by Gasteiger charge is 2.33. The van der Waals surface area contributed by atoms with Crippen molar-refractivity contribution >= 4 is 34.7 Å². The first kappa shape index (κ1) is 21.9. The van der Waals surface area contributed by atoms with Crippen molar-refractivity contribution in [1.82, 2.24) is 0 Å². The Balaban J connectivity index is 1.72. The number of nitrogens with one attached hydrogen (secondary N) is 2. The van der Waals surface area contributed by atoms with Crippen molar-refractivity contribution in [1.29, 1.82) is 0 Å². The minimum absolute atomic E-state index is 0.179. The summed E-state index contributed by atoms with van der Waals surface area (Å²) in [5, 5.41) is 3.90. The summed E-state index contributed by atoms with van der Waals surface area (Å²) >= 11 is 5.54. The number of carbonyl (C=O) groups excluding carboxylic acids is 1. The first-order chi connectivity index (χ1) is 14.7. The second-order valence-corrected chi connectivity index (χ2v) is 6.53. The van der Waals surface area contributed by atoms with Crippen LogP contribution in [0, 0.1) is 12.4 Å². The van der Waals surface area contributed by atoms with E-state index < -0.39 is 28.6 Å². The molecule has 0 aromatic heterocycles. The van der Waals surface area contributed by atoms with E-state index in [-0.39, 0.29) is 17.1 Å². The molecule has 0 saturated heterocycles. The maximum Gasteiger partial charge on any atom is 0.417 e. The van der Waals surface area contributed by atoms with Crippen molar-refractivity contribution in [2.45, 2.75) is 6.18 Å². The number of rotatable bonds is 4. The van der Waals surface area contributed by atoms with Crippen LogP contribution in [-0.4, -0.2) is 6.03 Å². The fraction of sp³-hybridized carbons (Fsp3) is 0.0476. The molecule has 0 radical (unpaired) electrons. The SMILES string of the molecule is [C-]#[N+]c1ccc(Oc2ccc(F)c(NC(=O)Nc3ccc(Cl)c(C(F)(F)F)c3)c2)cc1. The fourth-order valence-electron chi connectivity index (χ4n) is 2.49. The summed E-state index contributed by atoms with van der Waals surface area (Å²) in [6, 6.07) is 11.7. The smallest absolute Gasteiger partial charge is 0.417 e. The molecule has 2 N–H and O–H groups in total. The third-order valence-corrected chi connectivity index (χ3v) is 4.25. The van der Waals surface area contributed by atoms with Gasteiger partial charge in [-0.2, -0.15) is 13.2 Å². The highest BCUT2D eigenvalue weighted by Crippen LogP contribution is 2.36. The number of urea groups is 1. The molecule has 0 fully saturated rings. The fourth-order valence-corrected chi connectivity index (χ4v) is 2.72. The van der Waals surface area contributed by atoms with Crippen LogP contribution in [0.1, 0.15) is 5.56 Å². The van der Waals surface area contributed by atoms with Crippen LogP contribution in [0.4, 0.5) is 39.4 Å². The van der Waals surface area contributed by atoms with Crippen LogP contribution in [0.25, 0.3) is 4.85 Å². The van der Waals surface area contributed by atoms with Gasteiger partial charge < -0.3 is 15.4 Å². The van der Waals surface area contributed by atoms with Crippen LogP contribution in [0.2, 0.25) is 5.02 Å². The molecule has 0 atom stereocenters. The lowest BCUT2D eigenvalue weighted by molar-refractivity contribution is -0.137. The van der Waals surface area contributed by atoms with E-state index in [1.165, 1.54) is 18.2 Å². The van der Waals surface area contributed by atoms with Gasteiger partial charge in [-0.15, -0.1) is 0 Å². The Bertz CT molecular complexity index is 1160. The molecule has 0 aliphatic rings. The normalized spacial score (nSPS) is 10.8. The molecule has 0 saturated carbocycles. The van der Waals surface area contributed by atoms with Crippen molar-refractivity contribution in [2.24, 2.45) is 0 Å². The third kappa shape index (κ3) is 5.65. The Morgan fingerprint density at radius 1 is 0.968 bits per heavy atom. The highest BCUT2D eigenvalue weighted by molar-refractivity contribution is 6.31. The van der Waals surface area contributed by atoms with Gasteiger partial charge in [-0.25, -0.2) is 14.0 Å². The van der Waals surface area contributed by atoms with E-state index in [1.807, 2.05) is 0 Å². The number of halogens is 5. The minimum Gasteiger partial charge on any atom is -0.457 e. The second-order valence-electron chi connectivity index (χ2n) is 6.12. The van der Waals surface area contributed by atoms with E-state index in [2.05, 4.69) is 15.5 Å². The van der Waals surface area contributed by atoms with Gasteiger partial charge in [0.05, 0.1) is 22.8 Å². The minimum atomic E-state index is -4.70. The van der Waals surface area contributed by atoms with Crippen molar-refractivity contribution in [3.05, 3.63) is 88.5 Å².